The first kappa shape index (κ1) is 18.4. The molecule has 0 radical (unpaired) electrons. The zero-order valence-corrected chi connectivity index (χ0v) is 15.3. The van der Waals surface area contributed by atoms with E-state index in [1.54, 1.807) is 12.2 Å². The molecule has 0 bridgehead atoms. The summed E-state index contributed by atoms with van der Waals surface area (Å²) in [6.07, 6.45) is 6.56. The lowest BCUT2D eigenvalue weighted by Gasteiger charge is -2.47. The summed E-state index contributed by atoms with van der Waals surface area (Å²) in [7, 11) is 0. The van der Waals surface area contributed by atoms with Gasteiger partial charge >= 0.3 is 0 Å². The number of carbonyl (C=O) groups excluding carboxylic acids is 1. The van der Waals surface area contributed by atoms with E-state index < -0.39 is 4.32 Å². The van der Waals surface area contributed by atoms with Crippen molar-refractivity contribution in [2.75, 3.05) is 0 Å². The highest BCUT2D eigenvalue weighted by atomic mass is 79.9. The van der Waals surface area contributed by atoms with Gasteiger partial charge in [-0.05, 0) is 53.4 Å². The predicted molar refractivity (Wildman–Crippen MR) is 93.7 cm³/mol. The van der Waals surface area contributed by atoms with Crippen LogP contribution in [-0.4, -0.2) is 27.4 Å². The van der Waals surface area contributed by atoms with Crippen molar-refractivity contribution in [2.45, 2.75) is 74.8 Å². The maximum absolute atomic E-state index is 12.7. The fraction of sp³-hybridized carbons (Fsp3) is 0.706. The van der Waals surface area contributed by atoms with E-state index in [2.05, 4.69) is 67.4 Å². The van der Waals surface area contributed by atoms with Gasteiger partial charge in [-0.3, -0.25) is 4.79 Å². The third kappa shape index (κ3) is 5.26. The molecule has 1 rings (SSSR count). The van der Waals surface area contributed by atoms with Gasteiger partial charge in [-0.2, -0.15) is 0 Å². The second-order valence-corrected chi connectivity index (χ2v) is 8.94. The normalized spacial score (nSPS) is 21.6. The third-order valence-electron chi connectivity index (χ3n) is 3.87. The smallest absolute Gasteiger partial charge is 0.237 e. The van der Waals surface area contributed by atoms with E-state index in [0.717, 1.165) is 12.8 Å². The van der Waals surface area contributed by atoms with E-state index in [1.165, 1.54) is 0 Å². The number of allylic oxidation sites excluding steroid dienone is 2. The molecule has 0 aromatic heterocycles. The highest BCUT2D eigenvalue weighted by Crippen LogP contribution is 2.32. The molecule has 1 saturated heterocycles. The Labute approximate surface area is 137 Å². The molecule has 0 unspecified atom stereocenters. The average Bonchev–Trinajstić information content (AvgIpc) is 2.24. The van der Waals surface area contributed by atoms with Crippen LogP contribution in [0.4, 0.5) is 0 Å². The Morgan fingerprint density at radius 2 is 1.67 bits per heavy atom. The average molecular weight is 357 g/mol. The van der Waals surface area contributed by atoms with Crippen molar-refractivity contribution < 1.29 is 4.79 Å². The molecular formula is C17H29BrN2O. The maximum atomic E-state index is 12.7. The van der Waals surface area contributed by atoms with Crippen molar-refractivity contribution in [2.24, 2.45) is 0 Å². The molecule has 1 fully saturated rings. The molecule has 120 valence electrons. The number of hydrogen-bond donors (Lipinski definition) is 2. The lowest BCUT2D eigenvalue weighted by atomic mass is 9.79. The van der Waals surface area contributed by atoms with Crippen LogP contribution in [-0.2, 0) is 4.79 Å². The fourth-order valence-corrected chi connectivity index (χ4v) is 4.04. The summed E-state index contributed by atoms with van der Waals surface area (Å²) in [5.41, 5.74) is 0.0388. The molecule has 21 heavy (non-hydrogen) atoms. The SMILES string of the molecule is C=CCC(Br)(CC=C)C(=O)NC1CC(C)(C)NC(C)(C)C1. The topological polar surface area (TPSA) is 41.1 Å². The molecule has 1 aliphatic heterocycles. The number of hydrogen-bond acceptors (Lipinski definition) is 2. The summed E-state index contributed by atoms with van der Waals surface area (Å²) in [5, 5.41) is 6.85. The molecule has 3 nitrogen and oxygen atoms in total. The van der Waals surface area contributed by atoms with Gasteiger partial charge in [-0.25, -0.2) is 0 Å². The van der Waals surface area contributed by atoms with E-state index in [-0.39, 0.29) is 23.0 Å². The number of nitrogens with one attached hydrogen (secondary N) is 2. The van der Waals surface area contributed by atoms with Crippen LogP contribution in [0.2, 0.25) is 0 Å². The minimum atomic E-state index is -0.629. The van der Waals surface area contributed by atoms with E-state index >= 15 is 0 Å². The van der Waals surface area contributed by atoms with Gasteiger partial charge in [0.25, 0.3) is 0 Å². The first-order valence-electron chi connectivity index (χ1n) is 7.55. The van der Waals surface area contributed by atoms with Crippen LogP contribution in [0.25, 0.3) is 0 Å². The van der Waals surface area contributed by atoms with E-state index in [0.29, 0.717) is 12.8 Å². The first-order chi connectivity index (χ1) is 9.53. The first-order valence-corrected chi connectivity index (χ1v) is 8.34. The Balaban J connectivity index is 2.81. The van der Waals surface area contributed by atoms with Gasteiger partial charge in [-0.1, -0.05) is 28.1 Å². The standard InChI is InChI=1S/C17H29BrN2O/c1-7-9-17(18,10-8-2)14(21)19-13-11-15(3,4)20-16(5,6)12-13/h7-8,13,20H,1-2,9-12H2,3-6H3,(H,19,21). The number of alkyl halides is 1. The lowest BCUT2D eigenvalue weighted by molar-refractivity contribution is -0.124. The fourth-order valence-electron chi connectivity index (χ4n) is 3.47. The second-order valence-electron chi connectivity index (χ2n) is 7.42. The molecule has 0 aromatic carbocycles. The quantitative estimate of drug-likeness (QED) is 0.562. The lowest BCUT2D eigenvalue weighted by Crippen LogP contribution is -2.63. The largest absolute Gasteiger partial charge is 0.352 e. The Bertz CT molecular complexity index is 389. The highest BCUT2D eigenvalue weighted by Gasteiger charge is 2.40. The molecule has 0 spiro atoms. The summed E-state index contributed by atoms with van der Waals surface area (Å²) in [6.45, 7) is 16.2. The molecule has 1 amide bonds. The van der Waals surface area contributed by atoms with Crippen molar-refractivity contribution >= 4 is 21.8 Å². The van der Waals surface area contributed by atoms with Crippen LogP contribution in [0, 0.1) is 0 Å². The molecule has 0 aliphatic carbocycles. The van der Waals surface area contributed by atoms with E-state index in [9.17, 15) is 4.79 Å². The second kappa shape index (κ2) is 6.66. The summed E-state index contributed by atoms with van der Waals surface area (Å²) in [5.74, 6) is 0.0285. The minimum Gasteiger partial charge on any atom is -0.352 e. The molecule has 0 aromatic rings. The summed E-state index contributed by atoms with van der Waals surface area (Å²) >= 11 is 3.59. The van der Waals surface area contributed by atoms with E-state index in [1.807, 2.05) is 0 Å². The van der Waals surface area contributed by atoms with Crippen molar-refractivity contribution in [1.82, 2.24) is 10.6 Å². The van der Waals surface area contributed by atoms with Crippen LogP contribution in [0.3, 0.4) is 0 Å². The summed E-state index contributed by atoms with van der Waals surface area (Å²) in [4.78, 5) is 12.7. The number of amides is 1. The Morgan fingerprint density at radius 3 is 2.05 bits per heavy atom. The van der Waals surface area contributed by atoms with Crippen molar-refractivity contribution in [3.8, 4) is 0 Å². The minimum absolute atomic E-state index is 0.0194. The van der Waals surface area contributed by atoms with Crippen molar-refractivity contribution in [1.29, 1.82) is 0 Å². The van der Waals surface area contributed by atoms with Crippen LogP contribution in [0.1, 0.15) is 53.4 Å². The van der Waals surface area contributed by atoms with Gasteiger partial charge in [0.05, 0.1) is 0 Å². The van der Waals surface area contributed by atoms with Crippen molar-refractivity contribution in [3.63, 3.8) is 0 Å². The molecule has 2 N–H and O–H groups in total. The molecule has 1 heterocycles. The van der Waals surface area contributed by atoms with Crippen LogP contribution in [0.15, 0.2) is 25.3 Å². The number of carbonyl (C=O) groups is 1. The number of rotatable bonds is 6. The van der Waals surface area contributed by atoms with Crippen molar-refractivity contribution in [3.05, 3.63) is 25.3 Å². The van der Waals surface area contributed by atoms with Crippen LogP contribution < -0.4 is 10.6 Å². The van der Waals surface area contributed by atoms with Gasteiger partial charge in [0.2, 0.25) is 5.91 Å². The Hall–Kier alpha value is -0.610. The number of halogens is 1. The Morgan fingerprint density at radius 1 is 1.24 bits per heavy atom. The zero-order valence-electron chi connectivity index (χ0n) is 13.8. The highest BCUT2D eigenvalue weighted by molar-refractivity contribution is 9.10. The van der Waals surface area contributed by atoms with Gasteiger partial charge in [-0.15, -0.1) is 13.2 Å². The predicted octanol–water partition coefficient (Wildman–Crippen LogP) is 3.70. The molecular weight excluding hydrogens is 328 g/mol. The third-order valence-corrected chi connectivity index (χ3v) is 4.88. The molecule has 4 heteroatoms. The zero-order chi connectivity index (χ0) is 16.3. The Kier molecular flexibility index (Phi) is 5.84. The maximum Gasteiger partial charge on any atom is 0.237 e. The van der Waals surface area contributed by atoms with Gasteiger partial charge in [0.1, 0.15) is 4.32 Å². The van der Waals surface area contributed by atoms with Gasteiger partial charge in [0.15, 0.2) is 0 Å². The monoisotopic (exact) mass is 356 g/mol. The van der Waals surface area contributed by atoms with Gasteiger partial charge < -0.3 is 10.6 Å². The summed E-state index contributed by atoms with van der Waals surface area (Å²) < 4.78 is -0.629. The number of piperidine rings is 1. The van der Waals surface area contributed by atoms with E-state index in [4.69, 9.17) is 0 Å². The van der Waals surface area contributed by atoms with Gasteiger partial charge in [0, 0.05) is 17.1 Å². The van der Waals surface area contributed by atoms with Crippen LogP contribution >= 0.6 is 15.9 Å². The summed E-state index contributed by atoms with van der Waals surface area (Å²) in [6, 6.07) is 0.176. The molecule has 0 atom stereocenters. The molecule has 0 saturated carbocycles. The molecule has 1 aliphatic rings. The van der Waals surface area contributed by atoms with Crippen LogP contribution in [0.5, 0.6) is 0 Å².